The summed E-state index contributed by atoms with van der Waals surface area (Å²) in [6.45, 7) is 0. The first kappa shape index (κ1) is 46.4. The Hall–Kier alpha value is -11.0. The first-order chi connectivity index (χ1) is 39.7. The SMILES string of the molecule is c1ccc(-c2nc(-c3ccccc3-c3ccccc3)nc(-n3c4ccccc4c4c(-c5cccc(-c6cccc7c6c6ccccc6n7-c6nc(-c7ccccc7)nc(-c7ccccc7-c7ccccc7)n6)c5)cccc43)n2)cc1. The van der Waals surface area contributed by atoms with Gasteiger partial charge >= 0.3 is 0 Å². The van der Waals surface area contributed by atoms with Crippen LogP contribution in [0, 0.1) is 0 Å². The van der Waals surface area contributed by atoms with Crippen LogP contribution in [0.5, 0.6) is 0 Å². The van der Waals surface area contributed by atoms with E-state index in [2.05, 4.69) is 228 Å². The van der Waals surface area contributed by atoms with Gasteiger partial charge in [0.2, 0.25) is 11.9 Å². The molecule has 4 heterocycles. The van der Waals surface area contributed by atoms with Crippen LogP contribution in [0.3, 0.4) is 0 Å². The quantitative estimate of drug-likeness (QED) is 0.136. The van der Waals surface area contributed by atoms with Gasteiger partial charge in [-0.15, -0.1) is 0 Å². The van der Waals surface area contributed by atoms with Crippen molar-refractivity contribution >= 4 is 43.6 Å². The lowest BCUT2D eigenvalue weighted by molar-refractivity contribution is 0.953. The van der Waals surface area contributed by atoms with Gasteiger partial charge < -0.3 is 0 Å². The molecular formula is C72H46N8. The van der Waals surface area contributed by atoms with Gasteiger partial charge in [-0.05, 0) is 74.8 Å². The van der Waals surface area contributed by atoms with Gasteiger partial charge in [0.05, 0.1) is 22.1 Å². The molecule has 0 N–H and O–H groups in total. The Morgan fingerprint density at radius 3 is 0.925 bits per heavy atom. The zero-order chi connectivity index (χ0) is 52.9. The molecule has 8 heteroatoms. The molecular weight excluding hydrogens is 977 g/mol. The van der Waals surface area contributed by atoms with Gasteiger partial charge in [0, 0.05) is 43.8 Å². The van der Waals surface area contributed by atoms with E-state index >= 15 is 0 Å². The van der Waals surface area contributed by atoms with Crippen molar-refractivity contribution in [2.75, 3.05) is 0 Å². The summed E-state index contributed by atoms with van der Waals surface area (Å²) in [5, 5.41) is 4.41. The summed E-state index contributed by atoms with van der Waals surface area (Å²) in [6.07, 6.45) is 0. The number of para-hydroxylation sites is 2. The number of nitrogens with zero attached hydrogens (tertiary/aromatic N) is 8. The van der Waals surface area contributed by atoms with Crippen LogP contribution in [0.2, 0.25) is 0 Å². The fourth-order valence-electron chi connectivity index (χ4n) is 11.5. The van der Waals surface area contributed by atoms with E-state index in [-0.39, 0.29) is 0 Å². The average molecular weight is 1020 g/mol. The Morgan fingerprint density at radius 2 is 0.500 bits per heavy atom. The highest BCUT2D eigenvalue weighted by Gasteiger charge is 2.24. The molecule has 0 radical (unpaired) electrons. The molecule has 374 valence electrons. The summed E-state index contributed by atoms with van der Waals surface area (Å²) in [5.41, 5.74) is 16.3. The van der Waals surface area contributed by atoms with Crippen molar-refractivity contribution in [2.24, 2.45) is 0 Å². The Morgan fingerprint density at radius 1 is 0.200 bits per heavy atom. The first-order valence-electron chi connectivity index (χ1n) is 26.8. The van der Waals surface area contributed by atoms with Crippen molar-refractivity contribution in [1.29, 1.82) is 0 Å². The van der Waals surface area contributed by atoms with E-state index in [4.69, 9.17) is 29.9 Å². The highest BCUT2D eigenvalue weighted by Crippen LogP contribution is 2.43. The fraction of sp³-hybridized carbons (Fsp3) is 0. The molecule has 8 nitrogen and oxygen atoms in total. The van der Waals surface area contributed by atoms with Crippen molar-refractivity contribution in [3.63, 3.8) is 0 Å². The second kappa shape index (κ2) is 19.6. The zero-order valence-corrected chi connectivity index (χ0v) is 43.1. The van der Waals surface area contributed by atoms with Gasteiger partial charge in [-0.3, -0.25) is 9.13 Å². The third kappa shape index (κ3) is 8.01. The Kier molecular flexibility index (Phi) is 11.3. The summed E-state index contributed by atoms with van der Waals surface area (Å²) in [4.78, 5) is 31.7. The molecule has 0 saturated carbocycles. The normalized spacial score (nSPS) is 11.5. The van der Waals surface area contributed by atoms with Crippen LogP contribution in [-0.2, 0) is 0 Å². The highest BCUT2D eigenvalue weighted by atomic mass is 15.2. The smallest absolute Gasteiger partial charge is 0.238 e. The third-order valence-corrected chi connectivity index (χ3v) is 15.1. The Labute approximate surface area is 461 Å². The van der Waals surface area contributed by atoms with Crippen LogP contribution in [0.15, 0.2) is 279 Å². The number of rotatable bonds is 10. The predicted molar refractivity (Wildman–Crippen MR) is 325 cm³/mol. The van der Waals surface area contributed by atoms with E-state index in [0.29, 0.717) is 35.2 Å². The second-order valence-electron chi connectivity index (χ2n) is 19.8. The van der Waals surface area contributed by atoms with E-state index in [1.165, 1.54) is 0 Å². The molecule has 0 aliphatic rings. The van der Waals surface area contributed by atoms with Gasteiger partial charge in [-0.1, -0.05) is 249 Å². The Bertz CT molecular complexity index is 4520. The van der Waals surface area contributed by atoms with E-state index in [0.717, 1.165) is 110 Å². The minimum absolute atomic E-state index is 0.540. The van der Waals surface area contributed by atoms with Crippen LogP contribution in [0.25, 0.3) is 146 Å². The lowest BCUT2D eigenvalue weighted by atomic mass is 9.94. The maximum Gasteiger partial charge on any atom is 0.238 e. The summed E-state index contributed by atoms with van der Waals surface area (Å²) >= 11 is 0. The van der Waals surface area contributed by atoms with Crippen LogP contribution in [0.4, 0.5) is 0 Å². The molecule has 0 aliphatic heterocycles. The fourth-order valence-corrected chi connectivity index (χ4v) is 11.5. The van der Waals surface area contributed by atoms with Crippen molar-refractivity contribution in [3.05, 3.63) is 279 Å². The van der Waals surface area contributed by atoms with Crippen LogP contribution in [0.1, 0.15) is 0 Å². The molecule has 0 aliphatic carbocycles. The Balaban J connectivity index is 0.898. The van der Waals surface area contributed by atoms with Crippen molar-refractivity contribution in [2.45, 2.75) is 0 Å². The second-order valence-corrected chi connectivity index (χ2v) is 19.8. The molecule has 15 aromatic rings. The van der Waals surface area contributed by atoms with E-state index in [1.54, 1.807) is 0 Å². The van der Waals surface area contributed by atoms with Gasteiger partial charge in [0.25, 0.3) is 0 Å². The van der Waals surface area contributed by atoms with Crippen LogP contribution in [-0.4, -0.2) is 39.0 Å². The molecule has 0 amide bonds. The highest BCUT2D eigenvalue weighted by molar-refractivity contribution is 6.17. The molecule has 80 heavy (non-hydrogen) atoms. The molecule has 0 unspecified atom stereocenters. The molecule has 15 rings (SSSR count). The molecule has 0 atom stereocenters. The molecule has 0 saturated heterocycles. The van der Waals surface area contributed by atoms with E-state index < -0.39 is 0 Å². The number of fused-ring (bicyclic) bond motifs is 6. The molecule has 0 spiro atoms. The van der Waals surface area contributed by atoms with Gasteiger partial charge in [0.15, 0.2) is 23.3 Å². The molecule has 11 aromatic carbocycles. The topological polar surface area (TPSA) is 87.2 Å². The largest absolute Gasteiger partial charge is 0.278 e. The van der Waals surface area contributed by atoms with Gasteiger partial charge in [-0.25, -0.2) is 9.97 Å². The number of hydrogen-bond donors (Lipinski definition) is 0. The van der Waals surface area contributed by atoms with Gasteiger partial charge in [0.1, 0.15) is 0 Å². The van der Waals surface area contributed by atoms with Crippen LogP contribution >= 0.6 is 0 Å². The lowest BCUT2D eigenvalue weighted by Gasteiger charge is -2.14. The summed E-state index contributed by atoms with van der Waals surface area (Å²) in [6, 6.07) is 97.0. The van der Waals surface area contributed by atoms with Crippen molar-refractivity contribution < 1.29 is 0 Å². The monoisotopic (exact) mass is 1020 g/mol. The number of hydrogen-bond acceptors (Lipinski definition) is 6. The molecule has 0 bridgehead atoms. The van der Waals surface area contributed by atoms with Crippen molar-refractivity contribution in [3.8, 4) is 102 Å². The number of aromatic nitrogens is 8. The zero-order valence-electron chi connectivity index (χ0n) is 43.1. The summed E-state index contributed by atoms with van der Waals surface area (Å²) in [5.74, 6) is 3.47. The first-order valence-corrected chi connectivity index (χ1v) is 26.8. The van der Waals surface area contributed by atoms with E-state index in [1.807, 2.05) is 60.7 Å². The maximum absolute atomic E-state index is 5.37. The minimum atomic E-state index is 0.540. The summed E-state index contributed by atoms with van der Waals surface area (Å²) < 4.78 is 4.40. The lowest BCUT2D eigenvalue weighted by Crippen LogP contribution is -2.06. The third-order valence-electron chi connectivity index (χ3n) is 15.1. The van der Waals surface area contributed by atoms with E-state index in [9.17, 15) is 0 Å². The van der Waals surface area contributed by atoms with Crippen molar-refractivity contribution in [1.82, 2.24) is 39.0 Å². The maximum atomic E-state index is 5.37. The molecule has 4 aromatic heterocycles. The minimum Gasteiger partial charge on any atom is -0.278 e. The molecule has 0 fully saturated rings. The van der Waals surface area contributed by atoms with Crippen LogP contribution < -0.4 is 0 Å². The summed E-state index contributed by atoms with van der Waals surface area (Å²) in [7, 11) is 0. The van der Waals surface area contributed by atoms with Gasteiger partial charge in [-0.2, -0.15) is 19.9 Å². The average Bonchev–Trinajstić information content (AvgIpc) is 4.30. The number of benzene rings is 11. The standard InChI is InChI=1S/C72H46N8/c1-5-24-47(25-6-1)53-34-13-15-36-57(53)69-73-67(49-28-9-3-10-29-49)75-71(77-69)79-61-42-19-17-38-59(61)65-55(40-22-44-63(65)79)51-32-21-33-52(46-51)56-41-23-45-64-66(56)60-39-18-20-43-62(60)80(64)72-76-68(50-30-11-4-12-31-50)74-70(78-72)58-37-16-14-35-54(58)48-26-7-2-8-27-48/h1-46H. The predicted octanol–water partition coefficient (Wildman–Crippen LogP) is 17.6.